The van der Waals surface area contributed by atoms with Gasteiger partial charge >= 0.3 is 0 Å². The van der Waals surface area contributed by atoms with Gasteiger partial charge in [-0.25, -0.2) is 0 Å². The van der Waals surface area contributed by atoms with Gasteiger partial charge in [-0.15, -0.1) is 11.3 Å². The van der Waals surface area contributed by atoms with E-state index < -0.39 is 0 Å². The van der Waals surface area contributed by atoms with Crippen molar-refractivity contribution in [3.63, 3.8) is 0 Å². The van der Waals surface area contributed by atoms with Gasteiger partial charge in [-0.1, -0.05) is 6.92 Å². The van der Waals surface area contributed by atoms with Crippen LogP contribution in [0.3, 0.4) is 0 Å². The maximum Gasteiger partial charge on any atom is 0.0302 e. The number of fused-ring (bicyclic) bond motifs is 1. The Bertz CT molecular complexity index is 326. The molecule has 0 saturated carbocycles. The third-order valence-corrected chi connectivity index (χ3v) is 5.25. The number of likely N-dealkylation sites (N-methyl/N-ethyl adjacent to an activating group) is 1. The summed E-state index contributed by atoms with van der Waals surface area (Å²) in [7, 11) is 0. The second kappa shape index (κ2) is 6.78. The van der Waals surface area contributed by atoms with E-state index in [1.54, 1.807) is 10.4 Å². The number of thiophene rings is 1. The van der Waals surface area contributed by atoms with Crippen molar-refractivity contribution in [1.29, 1.82) is 0 Å². The zero-order chi connectivity index (χ0) is 12.1. The maximum atomic E-state index is 3.58. The molecule has 0 aromatic carbocycles. The van der Waals surface area contributed by atoms with Gasteiger partial charge in [0, 0.05) is 34.6 Å². The van der Waals surface area contributed by atoms with Crippen molar-refractivity contribution in [1.82, 2.24) is 10.6 Å². The summed E-state index contributed by atoms with van der Waals surface area (Å²) in [5, 5.41) is 6.95. The van der Waals surface area contributed by atoms with Gasteiger partial charge in [0.1, 0.15) is 0 Å². The molecule has 1 atom stereocenters. The van der Waals surface area contributed by atoms with Crippen molar-refractivity contribution in [3.05, 3.63) is 21.4 Å². The van der Waals surface area contributed by atoms with Crippen LogP contribution in [0.1, 0.15) is 29.2 Å². The Morgan fingerprint density at radius 2 is 2.35 bits per heavy atom. The Labute approximate surface area is 113 Å². The van der Waals surface area contributed by atoms with Crippen molar-refractivity contribution in [3.8, 4) is 0 Å². The highest BCUT2D eigenvalue weighted by Crippen LogP contribution is 2.31. The molecule has 4 heteroatoms. The van der Waals surface area contributed by atoms with Crippen molar-refractivity contribution < 1.29 is 0 Å². The van der Waals surface area contributed by atoms with Gasteiger partial charge in [-0.2, -0.15) is 11.8 Å². The molecule has 2 heterocycles. The van der Waals surface area contributed by atoms with Crippen LogP contribution in [-0.4, -0.2) is 24.9 Å². The molecule has 1 aromatic rings. The largest absolute Gasteiger partial charge is 0.315 e. The highest BCUT2D eigenvalue weighted by atomic mass is 32.2. The average Bonchev–Trinajstić information content (AvgIpc) is 2.76. The lowest BCUT2D eigenvalue weighted by Crippen LogP contribution is -2.35. The fraction of sp³-hybridized carbons (Fsp3) is 0.692. The number of hydrogen-bond acceptors (Lipinski definition) is 4. The van der Waals surface area contributed by atoms with E-state index in [1.165, 1.54) is 22.8 Å². The monoisotopic (exact) mass is 270 g/mol. The van der Waals surface area contributed by atoms with Gasteiger partial charge in [-0.3, -0.25) is 0 Å². The molecule has 0 amide bonds. The molecule has 2 rings (SSSR count). The summed E-state index contributed by atoms with van der Waals surface area (Å²) in [5.74, 6) is 2.52. The van der Waals surface area contributed by atoms with E-state index in [0.29, 0.717) is 6.04 Å². The summed E-state index contributed by atoms with van der Waals surface area (Å²) in [6, 6.07) is 2.95. The van der Waals surface area contributed by atoms with Crippen molar-refractivity contribution in [2.45, 2.75) is 38.6 Å². The Kier molecular flexibility index (Phi) is 5.35. The topological polar surface area (TPSA) is 24.1 Å². The molecule has 0 radical (unpaired) electrons. The van der Waals surface area contributed by atoms with E-state index in [-0.39, 0.29) is 0 Å². The summed E-state index contributed by atoms with van der Waals surface area (Å²) in [4.78, 5) is 3.13. The van der Waals surface area contributed by atoms with Crippen LogP contribution in [0.5, 0.6) is 0 Å². The molecule has 0 fully saturated rings. The lowest BCUT2D eigenvalue weighted by Gasteiger charge is -2.12. The van der Waals surface area contributed by atoms with Crippen LogP contribution in [-0.2, 0) is 18.7 Å². The predicted octanol–water partition coefficient (Wildman–Crippen LogP) is 2.63. The quantitative estimate of drug-likeness (QED) is 0.831. The summed E-state index contributed by atoms with van der Waals surface area (Å²) in [6.07, 6.45) is 1.28. The van der Waals surface area contributed by atoms with Gasteiger partial charge in [0.05, 0.1) is 0 Å². The Morgan fingerprint density at radius 3 is 3.12 bits per heavy atom. The van der Waals surface area contributed by atoms with Crippen molar-refractivity contribution in [2.75, 3.05) is 18.8 Å². The first-order valence-corrected chi connectivity index (χ1v) is 8.39. The van der Waals surface area contributed by atoms with Crippen LogP contribution in [0.2, 0.25) is 0 Å². The molecule has 17 heavy (non-hydrogen) atoms. The molecule has 1 unspecified atom stereocenters. The van der Waals surface area contributed by atoms with Crippen LogP contribution in [0, 0.1) is 0 Å². The number of nitrogens with one attached hydrogen (secondary N) is 2. The lowest BCUT2D eigenvalue weighted by molar-refractivity contribution is 0.511. The van der Waals surface area contributed by atoms with Crippen molar-refractivity contribution in [2.24, 2.45) is 0 Å². The summed E-state index contributed by atoms with van der Waals surface area (Å²) >= 11 is 4.07. The minimum atomic E-state index is 0.545. The average molecular weight is 270 g/mol. The van der Waals surface area contributed by atoms with Gasteiger partial charge < -0.3 is 10.6 Å². The molecule has 0 bridgehead atoms. The molecule has 1 aromatic heterocycles. The van der Waals surface area contributed by atoms with Gasteiger partial charge in [0.2, 0.25) is 0 Å². The first kappa shape index (κ1) is 13.4. The molecular formula is C13H22N2S2. The predicted molar refractivity (Wildman–Crippen MR) is 79.0 cm³/mol. The Morgan fingerprint density at radius 1 is 1.47 bits per heavy atom. The van der Waals surface area contributed by atoms with Gasteiger partial charge in [0.15, 0.2) is 0 Å². The highest BCUT2D eigenvalue weighted by molar-refractivity contribution is 7.98. The zero-order valence-corrected chi connectivity index (χ0v) is 12.3. The fourth-order valence-corrected chi connectivity index (χ4v) is 4.33. The second-order valence-electron chi connectivity index (χ2n) is 4.55. The first-order valence-electron chi connectivity index (χ1n) is 6.42. The summed E-state index contributed by atoms with van der Waals surface area (Å²) < 4.78 is 0. The van der Waals surface area contributed by atoms with E-state index in [1.807, 2.05) is 11.3 Å². The number of rotatable bonds is 6. The number of hydrogen-bond donors (Lipinski definition) is 2. The normalized spacial score (nSPS) is 16.8. The number of aryl methyl sites for hydroxylation is 1. The van der Waals surface area contributed by atoms with Crippen LogP contribution < -0.4 is 10.6 Å². The van der Waals surface area contributed by atoms with Crippen LogP contribution in [0.25, 0.3) is 0 Å². The second-order valence-corrected chi connectivity index (χ2v) is 6.88. The SMILES string of the molecule is CCNCC(C)NCc1cc2c(s1)CCSC2. The molecule has 1 aliphatic heterocycles. The van der Waals surface area contributed by atoms with E-state index in [2.05, 4.69) is 42.3 Å². The Balaban J connectivity index is 1.80. The third-order valence-electron chi connectivity index (χ3n) is 3.00. The zero-order valence-electron chi connectivity index (χ0n) is 10.7. The van der Waals surface area contributed by atoms with Crippen LogP contribution in [0.15, 0.2) is 6.07 Å². The standard InChI is InChI=1S/C13H22N2S2/c1-3-14-7-10(2)15-8-12-6-11-9-16-5-4-13(11)17-12/h6,10,14-15H,3-5,7-9H2,1-2H3. The summed E-state index contributed by atoms with van der Waals surface area (Å²) in [6.45, 7) is 7.52. The van der Waals surface area contributed by atoms with E-state index >= 15 is 0 Å². The lowest BCUT2D eigenvalue weighted by atomic mass is 10.2. The Hall–Kier alpha value is -0.0300. The van der Waals surface area contributed by atoms with E-state index in [0.717, 1.165) is 19.6 Å². The summed E-state index contributed by atoms with van der Waals surface area (Å²) in [5.41, 5.74) is 1.59. The minimum Gasteiger partial charge on any atom is -0.315 e. The maximum absolute atomic E-state index is 3.58. The smallest absolute Gasteiger partial charge is 0.0302 e. The molecule has 2 N–H and O–H groups in total. The van der Waals surface area contributed by atoms with Gasteiger partial charge in [-0.05, 0) is 37.3 Å². The molecule has 1 aliphatic rings. The third kappa shape index (κ3) is 3.98. The van der Waals surface area contributed by atoms with Gasteiger partial charge in [0.25, 0.3) is 0 Å². The molecule has 0 spiro atoms. The van der Waals surface area contributed by atoms with E-state index in [4.69, 9.17) is 0 Å². The highest BCUT2D eigenvalue weighted by Gasteiger charge is 2.13. The first-order chi connectivity index (χ1) is 8.29. The molecule has 0 aliphatic carbocycles. The fourth-order valence-electron chi connectivity index (χ4n) is 2.00. The molecule has 96 valence electrons. The van der Waals surface area contributed by atoms with E-state index in [9.17, 15) is 0 Å². The van der Waals surface area contributed by atoms with Crippen LogP contribution in [0.4, 0.5) is 0 Å². The molecule has 0 saturated heterocycles. The van der Waals surface area contributed by atoms with Crippen LogP contribution >= 0.6 is 23.1 Å². The van der Waals surface area contributed by atoms with Crippen molar-refractivity contribution >= 4 is 23.1 Å². The number of thioether (sulfide) groups is 1. The molecular weight excluding hydrogens is 248 g/mol. The molecule has 2 nitrogen and oxygen atoms in total. The minimum absolute atomic E-state index is 0.545.